The molecule has 6 heteroatoms. The predicted molar refractivity (Wildman–Crippen MR) is 85.2 cm³/mol. The number of amides is 2. The van der Waals surface area contributed by atoms with E-state index < -0.39 is 5.97 Å². The molecule has 5 nitrogen and oxygen atoms in total. The number of imide groups is 1. The molecule has 2 amide bonds. The summed E-state index contributed by atoms with van der Waals surface area (Å²) in [4.78, 5) is 40.0. The van der Waals surface area contributed by atoms with Crippen LogP contribution in [0, 0.1) is 30.6 Å². The largest absolute Gasteiger partial charge is 0.462 e. The number of hydrogen-bond acceptors (Lipinski definition) is 5. The Morgan fingerprint density at radius 3 is 2.43 bits per heavy atom. The summed E-state index contributed by atoms with van der Waals surface area (Å²) in [6.45, 7) is 3.85. The van der Waals surface area contributed by atoms with Crippen LogP contribution in [0.15, 0.2) is 18.2 Å². The summed E-state index contributed by atoms with van der Waals surface area (Å²) in [5, 5.41) is 0.421. The van der Waals surface area contributed by atoms with Gasteiger partial charge in [-0.25, -0.2) is 9.69 Å². The van der Waals surface area contributed by atoms with Crippen LogP contribution in [0.3, 0.4) is 0 Å². The first-order chi connectivity index (χ1) is 11.0. The molecule has 4 atom stereocenters. The highest BCUT2D eigenvalue weighted by atomic mass is 32.1. The minimum Gasteiger partial charge on any atom is -0.462 e. The van der Waals surface area contributed by atoms with Crippen LogP contribution < -0.4 is 4.90 Å². The Morgan fingerprint density at radius 2 is 1.87 bits per heavy atom. The van der Waals surface area contributed by atoms with Crippen molar-refractivity contribution in [2.45, 2.75) is 20.3 Å². The zero-order valence-electron chi connectivity index (χ0n) is 12.9. The van der Waals surface area contributed by atoms with Gasteiger partial charge in [-0.05, 0) is 38.2 Å². The van der Waals surface area contributed by atoms with E-state index in [1.165, 1.54) is 16.2 Å². The second-order valence-corrected chi connectivity index (χ2v) is 7.54. The number of carbonyl (C=O) groups excluding carboxylic acids is 3. The third-order valence-corrected chi connectivity index (χ3v) is 6.04. The molecule has 1 aromatic heterocycles. The molecule has 1 saturated carbocycles. The lowest BCUT2D eigenvalue weighted by atomic mass is 9.85. The Balaban J connectivity index is 1.74. The Kier molecular flexibility index (Phi) is 3.20. The van der Waals surface area contributed by atoms with E-state index in [1.807, 2.05) is 6.92 Å². The molecule has 0 N–H and O–H groups in total. The molecule has 2 bridgehead atoms. The Morgan fingerprint density at radius 1 is 1.26 bits per heavy atom. The van der Waals surface area contributed by atoms with Gasteiger partial charge in [0.1, 0.15) is 5.00 Å². The molecule has 2 fully saturated rings. The third kappa shape index (κ3) is 1.94. The van der Waals surface area contributed by atoms with Gasteiger partial charge in [0, 0.05) is 4.88 Å². The maximum absolute atomic E-state index is 12.9. The molecule has 0 spiro atoms. The van der Waals surface area contributed by atoms with Crippen LogP contribution in [0.4, 0.5) is 5.00 Å². The summed E-state index contributed by atoms with van der Waals surface area (Å²) >= 11 is 1.30. The first kappa shape index (κ1) is 14.6. The van der Waals surface area contributed by atoms with Crippen molar-refractivity contribution in [1.29, 1.82) is 0 Å². The lowest BCUT2D eigenvalue weighted by Gasteiger charge is -2.16. The second kappa shape index (κ2) is 5.03. The van der Waals surface area contributed by atoms with Crippen LogP contribution in [0.5, 0.6) is 0 Å². The van der Waals surface area contributed by atoms with Crippen LogP contribution >= 0.6 is 11.3 Å². The van der Waals surface area contributed by atoms with Gasteiger partial charge in [0.2, 0.25) is 11.8 Å². The van der Waals surface area contributed by atoms with E-state index in [0.29, 0.717) is 10.6 Å². The van der Waals surface area contributed by atoms with Gasteiger partial charge < -0.3 is 4.74 Å². The monoisotopic (exact) mass is 331 g/mol. The minimum absolute atomic E-state index is 0.163. The molecular weight excluding hydrogens is 314 g/mol. The smallest absolute Gasteiger partial charge is 0.341 e. The Bertz CT molecular complexity index is 720. The van der Waals surface area contributed by atoms with E-state index in [2.05, 4.69) is 12.2 Å². The zero-order chi connectivity index (χ0) is 16.3. The molecule has 2 aliphatic carbocycles. The van der Waals surface area contributed by atoms with E-state index in [9.17, 15) is 14.4 Å². The summed E-state index contributed by atoms with van der Waals surface area (Å²) in [6.07, 6.45) is 5.02. The van der Waals surface area contributed by atoms with Gasteiger partial charge in [0.25, 0.3) is 0 Å². The summed E-state index contributed by atoms with van der Waals surface area (Å²) in [5.74, 6) is -0.985. The Hall–Kier alpha value is -1.95. The highest BCUT2D eigenvalue weighted by Crippen LogP contribution is 2.54. The molecule has 120 valence electrons. The molecule has 23 heavy (non-hydrogen) atoms. The molecule has 2 heterocycles. The number of rotatable bonds is 3. The van der Waals surface area contributed by atoms with Gasteiger partial charge in [0.05, 0.1) is 24.0 Å². The van der Waals surface area contributed by atoms with Crippen molar-refractivity contribution in [3.63, 3.8) is 0 Å². The lowest BCUT2D eigenvalue weighted by Crippen LogP contribution is -2.33. The van der Waals surface area contributed by atoms with Gasteiger partial charge in [-0.3, -0.25) is 9.59 Å². The molecule has 4 rings (SSSR count). The molecule has 0 radical (unpaired) electrons. The van der Waals surface area contributed by atoms with Crippen LogP contribution in [-0.4, -0.2) is 24.4 Å². The quantitative estimate of drug-likeness (QED) is 0.485. The minimum atomic E-state index is -0.481. The van der Waals surface area contributed by atoms with Crippen molar-refractivity contribution >= 4 is 34.1 Å². The number of ether oxygens (including phenoxy) is 1. The normalized spacial score (nSPS) is 31.1. The highest BCUT2D eigenvalue weighted by molar-refractivity contribution is 7.17. The standard InChI is InChI=1S/C17H17NO4S/c1-3-22-17(21)11-6-8(2)23-16(11)18-14(19)12-9-4-5-10(7-9)13(12)15(18)20/h4-6,9-10,12-13H,3,7H2,1-2H3/t9-,10-,12+,13+/m0/s1. The zero-order valence-corrected chi connectivity index (χ0v) is 13.8. The fourth-order valence-electron chi connectivity index (χ4n) is 4.13. The summed E-state index contributed by atoms with van der Waals surface area (Å²) in [6, 6.07) is 1.69. The van der Waals surface area contributed by atoms with Crippen LogP contribution in [-0.2, 0) is 14.3 Å². The molecule has 1 aromatic rings. The summed E-state index contributed by atoms with van der Waals surface area (Å²) in [5.41, 5.74) is 0.316. The first-order valence-electron chi connectivity index (χ1n) is 7.86. The highest BCUT2D eigenvalue weighted by Gasteiger charge is 2.60. The van der Waals surface area contributed by atoms with E-state index in [1.54, 1.807) is 13.0 Å². The summed E-state index contributed by atoms with van der Waals surface area (Å²) < 4.78 is 5.07. The molecule has 1 saturated heterocycles. The number of esters is 1. The fourth-order valence-corrected chi connectivity index (χ4v) is 5.13. The number of hydrogen-bond donors (Lipinski definition) is 0. The van der Waals surface area contributed by atoms with E-state index in [-0.39, 0.29) is 42.1 Å². The number of allylic oxidation sites excluding steroid dienone is 2. The van der Waals surface area contributed by atoms with E-state index >= 15 is 0 Å². The second-order valence-electron chi connectivity index (χ2n) is 6.31. The number of carbonyl (C=O) groups is 3. The fraction of sp³-hybridized carbons (Fsp3) is 0.471. The number of nitrogens with zero attached hydrogens (tertiary/aromatic N) is 1. The SMILES string of the molecule is CCOC(=O)c1cc(C)sc1N1C(=O)[C@H]2[C@H](C1=O)[C@H]1C=C[C@H]2C1. The van der Waals surface area contributed by atoms with Crippen LogP contribution in [0.2, 0.25) is 0 Å². The molecular formula is C17H17NO4S. The van der Waals surface area contributed by atoms with Crippen LogP contribution in [0.25, 0.3) is 0 Å². The van der Waals surface area contributed by atoms with Crippen molar-refractivity contribution in [1.82, 2.24) is 0 Å². The maximum Gasteiger partial charge on any atom is 0.341 e. The Labute approximate surface area is 137 Å². The maximum atomic E-state index is 12.9. The number of thiophene rings is 1. The lowest BCUT2D eigenvalue weighted by molar-refractivity contribution is -0.123. The molecule has 3 aliphatic rings. The predicted octanol–water partition coefficient (Wildman–Crippen LogP) is 2.54. The van der Waals surface area contributed by atoms with Gasteiger partial charge in [-0.1, -0.05) is 12.2 Å². The molecule has 0 aromatic carbocycles. The van der Waals surface area contributed by atoms with Gasteiger partial charge in [0.15, 0.2) is 0 Å². The van der Waals surface area contributed by atoms with Crippen molar-refractivity contribution in [2.24, 2.45) is 23.7 Å². The van der Waals surface area contributed by atoms with Crippen molar-refractivity contribution in [3.05, 3.63) is 28.7 Å². The van der Waals surface area contributed by atoms with E-state index in [0.717, 1.165) is 11.3 Å². The molecule has 1 aliphatic heterocycles. The number of aryl methyl sites for hydroxylation is 1. The third-order valence-electron chi connectivity index (χ3n) is 5.00. The van der Waals surface area contributed by atoms with Crippen molar-refractivity contribution in [2.75, 3.05) is 11.5 Å². The first-order valence-corrected chi connectivity index (χ1v) is 8.68. The van der Waals surface area contributed by atoms with Gasteiger partial charge in [-0.15, -0.1) is 11.3 Å². The van der Waals surface area contributed by atoms with Crippen molar-refractivity contribution in [3.8, 4) is 0 Å². The molecule has 0 unspecified atom stereocenters. The van der Waals surface area contributed by atoms with Gasteiger partial charge >= 0.3 is 5.97 Å². The average Bonchev–Trinajstić information content (AvgIpc) is 3.23. The van der Waals surface area contributed by atoms with E-state index in [4.69, 9.17) is 4.74 Å². The van der Waals surface area contributed by atoms with Crippen molar-refractivity contribution < 1.29 is 19.1 Å². The topological polar surface area (TPSA) is 63.7 Å². The number of anilines is 1. The summed E-state index contributed by atoms with van der Waals surface area (Å²) in [7, 11) is 0. The number of fused-ring (bicyclic) bond motifs is 5. The average molecular weight is 331 g/mol. The van der Waals surface area contributed by atoms with Gasteiger partial charge in [-0.2, -0.15) is 0 Å². The van der Waals surface area contributed by atoms with Crippen LogP contribution in [0.1, 0.15) is 28.6 Å².